The van der Waals surface area contributed by atoms with Gasteiger partial charge in [-0.05, 0) is 19.1 Å². The van der Waals surface area contributed by atoms with Crippen LogP contribution in [-0.2, 0) is 17.0 Å². The highest BCUT2D eigenvalue weighted by Crippen LogP contribution is 2.28. The Balaban J connectivity index is 1.59. The van der Waals surface area contributed by atoms with Crippen LogP contribution in [0.3, 0.4) is 0 Å². The van der Waals surface area contributed by atoms with Crippen LogP contribution in [0.1, 0.15) is 11.3 Å². The molecule has 0 N–H and O–H groups in total. The Labute approximate surface area is 177 Å². The van der Waals surface area contributed by atoms with E-state index >= 15 is 0 Å². The van der Waals surface area contributed by atoms with Crippen molar-refractivity contribution >= 4 is 34.0 Å². The molecule has 148 valence electrons. The first-order valence-electron chi connectivity index (χ1n) is 9.28. The van der Waals surface area contributed by atoms with E-state index in [1.165, 1.54) is 17.3 Å². The SMILES string of the molecule is COCCn1c(SCc2csc(-c3ccc(C)cc3)n2)nc2ccccc2c1=O. The maximum absolute atomic E-state index is 12.9. The number of methoxy groups -OCH3 is 1. The fourth-order valence-corrected chi connectivity index (χ4v) is 4.83. The summed E-state index contributed by atoms with van der Waals surface area (Å²) in [6.45, 7) is 3.01. The molecule has 29 heavy (non-hydrogen) atoms. The minimum Gasteiger partial charge on any atom is -0.383 e. The van der Waals surface area contributed by atoms with E-state index in [2.05, 4.69) is 36.6 Å². The van der Waals surface area contributed by atoms with E-state index in [0.717, 1.165) is 16.3 Å². The topological polar surface area (TPSA) is 57.0 Å². The van der Waals surface area contributed by atoms with Gasteiger partial charge in [0.1, 0.15) is 5.01 Å². The predicted octanol–water partition coefficient (Wildman–Crippen LogP) is 4.77. The molecule has 0 aliphatic rings. The lowest BCUT2D eigenvalue weighted by Gasteiger charge is -2.12. The lowest BCUT2D eigenvalue weighted by molar-refractivity contribution is 0.183. The average Bonchev–Trinajstić information content (AvgIpc) is 3.21. The first-order chi connectivity index (χ1) is 14.2. The molecule has 0 bridgehead atoms. The van der Waals surface area contributed by atoms with Crippen LogP contribution in [0.4, 0.5) is 0 Å². The zero-order valence-electron chi connectivity index (χ0n) is 16.3. The number of hydrogen-bond donors (Lipinski definition) is 0. The molecule has 0 saturated heterocycles. The molecule has 0 amide bonds. The number of aryl methyl sites for hydroxylation is 1. The number of aromatic nitrogens is 3. The summed E-state index contributed by atoms with van der Waals surface area (Å²) in [5.41, 5.74) is 4.02. The van der Waals surface area contributed by atoms with Crippen LogP contribution in [0.15, 0.2) is 63.9 Å². The maximum atomic E-state index is 12.9. The quantitative estimate of drug-likeness (QED) is 0.317. The van der Waals surface area contributed by atoms with E-state index in [1.807, 2.05) is 24.3 Å². The molecule has 0 saturated carbocycles. The van der Waals surface area contributed by atoms with Crippen molar-refractivity contribution in [2.24, 2.45) is 0 Å². The van der Waals surface area contributed by atoms with Crippen molar-refractivity contribution in [2.75, 3.05) is 13.7 Å². The highest BCUT2D eigenvalue weighted by molar-refractivity contribution is 7.98. The summed E-state index contributed by atoms with van der Waals surface area (Å²) in [6.07, 6.45) is 0. The van der Waals surface area contributed by atoms with Crippen LogP contribution in [-0.4, -0.2) is 28.3 Å². The summed E-state index contributed by atoms with van der Waals surface area (Å²) >= 11 is 3.17. The van der Waals surface area contributed by atoms with Gasteiger partial charge in [-0.15, -0.1) is 11.3 Å². The molecule has 4 rings (SSSR count). The summed E-state index contributed by atoms with van der Waals surface area (Å²) < 4.78 is 6.88. The monoisotopic (exact) mass is 423 g/mol. The molecule has 0 aliphatic heterocycles. The van der Waals surface area contributed by atoms with Gasteiger partial charge in [-0.2, -0.15) is 0 Å². The van der Waals surface area contributed by atoms with Crippen LogP contribution < -0.4 is 5.56 Å². The molecule has 4 aromatic rings. The van der Waals surface area contributed by atoms with Crippen molar-refractivity contribution in [2.45, 2.75) is 24.4 Å². The van der Waals surface area contributed by atoms with Gasteiger partial charge in [-0.1, -0.05) is 53.7 Å². The molecular formula is C22H21N3O2S2. The largest absolute Gasteiger partial charge is 0.383 e. The lowest BCUT2D eigenvalue weighted by atomic mass is 10.2. The molecule has 2 aromatic carbocycles. The van der Waals surface area contributed by atoms with Crippen molar-refractivity contribution < 1.29 is 4.74 Å². The summed E-state index contributed by atoms with van der Waals surface area (Å²) in [5, 5.41) is 4.39. The number of para-hydroxylation sites is 1. The number of nitrogens with zero attached hydrogens (tertiary/aromatic N) is 3. The van der Waals surface area contributed by atoms with Gasteiger partial charge in [0.05, 0.1) is 29.7 Å². The minimum absolute atomic E-state index is 0.0335. The molecule has 0 atom stereocenters. The van der Waals surface area contributed by atoms with E-state index in [4.69, 9.17) is 14.7 Å². The zero-order valence-corrected chi connectivity index (χ0v) is 17.9. The molecule has 0 radical (unpaired) electrons. The maximum Gasteiger partial charge on any atom is 0.262 e. The molecule has 2 aromatic heterocycles. The summed E-state index contributed by atoms with van der Waals surface area (Å²) in [5.74, 6) is 0.653. The normalized spacial score (nSPS) is 11.2. The minimum atomic E-state index is -0.0335. The third kappa shape index (κ3) is 4.42. The van der Waals surface area contributed by atoms with Gasteiger partial charge >= 0.3 is 0 Å². The Hall–Kier alpha value is -2.48. The second-order valence-corrected chi connectivity index (χ2v) is 8.46. The van der Waals surface area contributed by atoms with Crippen LogP contribution in [0, 0.1) is 6.92 Å². The predicted molar refractivity (Wildman–Crippen MR) is 120 cm³/mol. The van der Waals surface area contributed by atoms with Gasteiger partial charge < -0.3 is 4.74 Å². The first-order valence-corrected chi connectivity index (χ1v) is 11.1. The molecule has 0 fully saturated rings. The number of thioether (sulfide) groups is 1. The molecule has 2 heterocycles. The Bertz CT molecular complexity index is 1180. The third-order valence-electron chi connectivity index (χ3n) is 4.55. The summed E-state index contributed by atoms with van der Waals surface area (Å²) in [6, 6.07) is 15.8. The van der Waals surface area contributed by atoms with Crippen LogP contribution in [0.5, 0.6) is 0 Å². The Morgan fingerprint density at radius 3 is 2.69 bits per heavy atom. The Morgan fingerprint density at radius 2 is 1.90 bits per heavy atom. The Morgan fingerprint density at radius 1 is 1.10 bits per heavy atom. The van der Waals surface area contributed by atoms with E-state index in [-0.39, 0.29) is 5.56 Å². The van der Waals surface area contributed by atoms with Gasteiger partial charge in [0.2, 0.25) is 0 Å². The lowest BCUT2D eigenvalue weighted by Crippen LogP contribution is -2.25. The highest BCUT2D eigenvalue weighted by atomic mass is 32.2. The molecule has 7 heteroatoms. The van der Waals surface area contributed by atoms with Crippen LogP contribution in [0.25, 0.3) is 21.5 Å². The number of fused-ring (bicyclic) bond motifs is 1. The van der Waals surface area contributed by atoms with Crippen molar-refractivity contribution in [3.63, 3.8) is 0 Å². The smallest absolute Gasteiger partial charge is 0.262 e. The fourth-order valence-electron chi connectivity index (χ4n) is 2.98. The van der Waals surface area contributed by atoms with E-state index in [0.29, 0.717) is 35.0 Å². The van der Waals surface area contributed by atoms with Gasteiger partial charge in [0.15, 0.2) is 5.16 Å². The van der Waals surface area contributed by atoms with Crippen LogP contribution >= 0.6 is 23.1 Å². The average molecular weight is 424 g/mol. The van der Waals surface area contributed by atoms with Gasteiger partial charge in [-0.3, -0.25) is 9.36 Å². The number of ether oxygens (including phenoxy) is 1. The number of benzene rings is 2. The van der Waals surface area contributed by atoms with E-state index < -0.39 is 0 Å². The second-order valence-electron chi connectivity index (χ2n) is 6.66. The first kappa shape index (κ1) is 19.8. The van der Waals surface area contributed by atoms with Gasteiger partial charge in [0.25, 0.3) is 5.56 Å². The van der Waals surface area contributed by atoms with Crippen molar-refractivity contribution in [1.29, 1.82) is 0 Å². The van der Waals surface area contributed by atoms with E-state index in [9.17, 15) is 4.79 Å². The van der Waals surface area contributed by atoms with Crippen molar-refractivity contribution in [3.8, 4) is 10.6 Å². The van der Waals surface area contributed by atoms with Gasteiger partial charge in [0, 0.05) is 23.8 Å². The zero-order chi connectivity index (χ0) is 20.2. The highest BCUT2D eigenvalue weighted by Gasteiger charge is 2.13. The number of thiazole rings is 1. The van der Waals surface area contributed by atoms with Crippen molar-refractivity contribution in [3.05, 3.63) is 75.5 Å². The standard InChI is InChI=1S/C22H21N3O2S2/c1-15-7-9-16(10-8-15)20-23-17(13-28-20)14-29-22-24-19-6-4-3-5-18(19)21(26)25(22)11-12-27-2/h3-10,13H,11-12,14H2,1-2H3. The third-order valence-corrected chi connectivity index (χ3v) is 6.50. The van der Waals surface area contributed by atoms with Crippen LogP contribution in [0.2, 0.25) is 0 Å². The molecule has 0 spiro atoms. The molecule has 0 unspecified atom stereocenters. The molecule has 0 aliphatic carbocycles. The van der Waals surface area contributed by atoms with Crippen molar-refractivity contribution in [1.82, 2.24) is 14.5 Å². The second kappa shape index (κ2) is 8.90. The fraction of sp³-hybridized carbons (Fsp3) is 0.227. The number of rotatable bonds is 7. The molecule has 5 nitrogen and oxygen atoms in total. The van der Waals surface area contributed by atoms with E-state index in [1.54, 1.807) is 23.0 Å². The Kier molecular flexibility index (Phi) is 6.08. The number of hydrogen-bond acceptors (Lipinski definition) is 6. The molecular weight excluding hydrogens is 402 g/mol. The summed E-state index contributed by atoms with van der Waals surface area (Å²) in [7, 11) is 1.63. The van der Waals surface area contributed by atoms with Gasteiger partial charge in [-0.25, -0.2) is 9.97 Å². The summed E-state index contributed by atoms with van der Waals surface area (Å²) in [4.78, 5) is 22.4.